The molecule has 8 nitrogen and oxygen atoms in total. The fourth-order valence-corrected chi connectivity index (χ4v) is 1.98. The summed E-state index contributed by atoms with van der Waals surface area (Å²) < 4.78 is 5.00. The van der Waals surface area contributed by atoms with E-state index in [0.717, 1.165) is 0 Å². The van der Waals surface area contributed by atoms with Gasteiger partial charge in [0.25, 0.3) is 0 Å². The molecule has 0 saturated heterocycles. The SMILES string of the molecule is CC[C@H](C)[C@H](NCC(=O)NC(=O)Nc1ccc(OC)cc1)C(=O)O. The normalized spacial score (nSPS) is 12.8. The molecule has 0 unspecified atom stereocenters. The molecule has 0 heterocycles. The number of hydrogen-bond acceptors (Lipinski definition) is 5. The summed E-state index contributed by atoms with van der Waals surface area (Å²) in [5, 5.41) is 16.4. The van der Waals surface area contributed by atoms with Crippen LogP contribution in [0.4, 0.5) is 10.5 Å². The van der Waals surface area contributed by atoms with Crippen molar-refractivity contribution in [2.75, 3.05) is 19.0 Å². The summed E-state index contributed by atoms with van der Waals surface area (Å²) in [6, 6.07) is 5.06. The summed E-state index contributed by atoms with van der Waals surface area (Å²) in [7, 11) is 1.53. The fourth-order valence-electron chi connectivity index (χ4n) is 1.98. The first-order valence-electron chi connectivity index (χ1n) is 7.58. The molecule has 1 aromatic carbocycles. The summed E-state index contributed by atoms with van der Waals surface area (Å²) in [5.41, 5.74) is 0.497. The molecule has 0 fully saturated rings. The lowest BCUT2D eigenvalue weighted by Crippen LogP contribution is -2.47. The summed E-state index contributed by atoms with van der Waals surface area (Å²) in [6.45, 7) is 3.38. The number of anilines is 1. The van der Waals surface area contributed by atoms with Gasteiger partial charge in [-0.3, -0.25) is 20.2 Å². The molecule has 0 aromatic heterocycles. The number of methoxy groups -OCH3 is 1. The first-order valence-corrected chi connectivity index (χ1v) is 7.58. The number of hydrogen-bond donors (Lipinski definition) is 4. The molecule has 0 bridgehead atoms. The molecule has 0 saturated carbocycles. The van der Waals surface area contributed by atoms with Gasteiger partial charge in [-0.25, -0.2) is 4.79 Å². The van der Waals surface area contributed by atoms with E-state index < -0.39 is 23.9 Å². The Balaban J connectivity index is 2.45. The number of benzene rings is 1. The Labute approximate surface area is 140 Å². The van der Waals surface area contributed by atoms with E-state index in [4.69, 9.17) is 9.84 Å². The van der Waals surface area contributed by atoms with Gasteiger partial charge in [0.05, 0.1) is 13.7 Å². The Morgan fingerprint density at radius 1 is 1.21 bits per heavy atom. The van der Waals surface area contributed by atoms with Gasteiger partial charge in [0, 0.05) is 5.69 Å². The van der Waals surface area contributed by atoms with E-state index in [1.165, 1.54) is 7.11 Å². The molecule has 0 spiro atoms. The number of carbonyl (C=O) groups is 3. The number of amides is 3. The third kappa shape index (κ3) is 6.25. The largest absolute Gasteiger partial charge is 0.497 e. The Hall–Kier alpha value is -2.61. The van der Waals surface area contributed by atoms with Crippen molar-refractivity contribution in [3.63, 3.8) is 0 Å². The van der Waals surface area contributed by atoms with Crippen LogP contribution in [0.15, 0.2) is 24.3 Å². The number of carboxylic acid groups (broad SMARTS) is 1. The van der Waals surface area contributed by atoms with Crippen molar-refractivity contribution in [1.82, 2.24) is 10.6 Å². The molecule has 8 heteroatoms. The van der Waals surface area contributed by atoms with Crippen LogP contribution < -0.4 is 20.7 Å². The number of rotatable bonds is 8. The number of carboxylic acids is 1. The smallest absolute Gasteiger partial charge is 0.325 e. The predicted octanol–water partition coefficient (Wildman–Crippen LogP) is 1.43. The lowest BCUT2D eigenvalue weighted by molar-refractivity contribution is -0.140. The van der Waals surface area contributed by atoms with E-state index in [-0.39, 0.29) is 12.5 Å². The molecule has 132 valence electrons. The Morgan fingerprint density at radius 3 is 2.33 bits per heavy atom. The first-order chi connectivity index (χ1) is 11.4. The highest BCUT2D eigenvalue weighted by molar-refractivity contribution is 6.01. The van der Waals surface area contributed by atoms with Gasteiger partial charge in [-0.1, -0.05) is 20.3 Å². The second-order valence-corrected chi connectivity index (χ2v) is 5.31. The zero-order valence-corrected chi connectivity index (χ0v) is 14.0. The highest BCUT2D eigenvalue weighted by Gasteiger charge is 2.23. The second kappa shape index (κ2) is 9.51. The summed E-state index contributed by atoms with van der Waals surface area (Å²) in [4.78, 5) is 34.6. The lowest BCUT2D eigenvalue weighted by atomic mass is 9.99. The van der Waals surface area contributed by atoms with Gasteiger partial charge in [0.1, 0.15) is 11.8 Å². The fraction of sp³-hybridized carbons (Fsp3) is 0.438. The van der Waals surface area contributed by atoms with Crippen LogP contribution in [0.1, 0.15) is 20.3 Å². The van der Waals surface area contributed by atoms with E-state index >= 15 is 0 Å². The van der Waals surface area contributed by atoms with Crippen LogP contribution in [-0.4, -0.2) is 42.7 Å². The molecule has 4 N–H and O–H groups in total. The van der Waals surface area contributed by atoms with Crippen LogP contribution in [0, 0.1) is 5.92 Å². The maximum absolute atomic E-state index is 11.7. The standard InChI is InChI=1S/C16H23N3O5/c1-4-10(2)14(15(21)22)17-9-13(20)19-16(23)18-11-5-7-12(24-3)8-6-11/h5-8,10,14,17H,4,9H2,1-3H3,(H,21,22)(H2,18,19,20,23)/t10-,14-/m0/s1. The van der Waals surface area contributed by atoms with Gasteiger partial charge in [-0.15, -0.1) is 0 Å². The molecule has 0 radical (unpaired) electrons. The number of imide groups is 1. The highest BCUT2D eigenvalue weighted by atomic mass is 16.5. The minimum atomic E-state index is -1.03. The van der Waals surface area contributed by atoms with Crippen LogP contribution in [0.5, 0.6) is 5.75 Å². The third-order valence-electron chi connectivity index (χ3n) is 3.56. The van der Waals surface area contributed by atoms with Gasteiger partial charge in [0.2, 0.25) is 5.91 Å². The van der Waals surface area contributed by atoms with Crippen molar-refractivity contribution in [1.29, 1.82) is 0 Å². The van der Waals surface area contributed by atoms with E-state index in [0.29, 0.717) is 17.9 Å². The summed E-state index contributed by atoms with van der Waals surface area (Å²) in [5.74, 6) is -1.13. The minimum absolute atomic E-state index is 0.136. The topological polar surface area (TPSA) is 117 Å². The van der Waals surface area contributed by atoms with Crippen LogP contribution in [0.3, 0.4) is 0 Å². The second-order valence-electron chi connectivity index (χ2n) is 5.31. The minimum Gasteiger partial charge on any atom is -0.497 e. The zero-order valence-electron chi connectivity index (χ0n) is 14.0. The quantitative estimate of drug-likeness (QED) is 0.570. The molecular weight excluding hydrogens is 314 g/mol. The predicted molar refractivity (Wildman–Crippen MR) is 89.0 cm³/mol. The first kappa shape index (κ1) is 19.4. The van der Waals surface area contributed by atoms with Crippen molar-refractivity contribution < 1.29 is 24.2 Å². The maximum Gasteiger partial charge on any atom is 0.325 e. The van der Waals surface area contributed by atoms with Crippen LogP contribution in [-0.2, 0) is 9.59 Å². The third-order valence-corrected chi connectivity index (χ3v) is 3.56. The lowest BCUT2D eigenvalue weighted by Gasteiger charge is -2.19. The molecule has 1 rings (SSSR count). The molecule has 0 aliphatic rings. The highest BCUT2D eigenvalue weighted by Crippen LogP contribution is 2.14. The summed E-state index contributed by atoms with van der Waals surface area (Å²) >= 11 is 0. The molecule has 3 amide bonds. The average Bonchev–Trinajstić information content (AvgIpc) is 2.54. The average molecular weight is 337 g/mol. The molecule has 1 aromatic rings. The monoisotopic (exact) mass is 337 g/mol. The Bertz CT molecular complexity index is 574. The van der Waals surface area contributed by atoms with Gasteiger partial charge >= 0.3 is 12.0 Å². The Kier molecular flexibility index (Phi) is 7.70. The van der Waals surface area contributed by atoms with Crippen LogP contribution >= 0.6 is 0 Å². The maximum atomic E-state index is 11.7. The Morgan fingerprint density at radius 2 is 1.83 bits per heavy atom. The number of nitrogens with one attached hydrogen (secondary N) is 3. The summed E-state index contributed by atoms with van der Waals surface area (Å²) in [6.07, 6.45) is 0.656. The zero-order chi connectivity index (χ0) is 18.1. The molecule has 2 atom stereocenters. The van der Waals surface area contributed by atoms with Gasteiger partial charge in [-0.2, -0.15) is 0 Å². The van der Waals surface area contributed by atoms with Crippen molar-refractivity contribution in [3.05, 3.63) is 24.3 Å². The van der Waals surface area contributed by atoms with Crippen LogP contribution in [0.25, 0.3) is 0 Å². The van der Waals surface area contributed by atoms with Gasteiger partial charge in [0.15, 0.2) is 0 Å². The van der Waals surface area contributed by atoms with E-state index in [2.05, 4.69) is 16.0 Å². The van der Waals surface area contributed by atoms with E-state index in [1.54, 1.807) is 31.2 Å². The number of carbonyl (C=O) groups excluding carboxylic acids is 2. The van der Waals surface area contributed by atoms with Crippen molar-refractivity contribution in [2.45, 2.75) is 26.3 Å². The van der Waals surface area contributed by atoms with Crippen molar-refractivity contribution >= 4 is 23.6 Å². The van der Waals surface area contributed by atoms with E-state index in [1.807, 2.05) is 6.92 Å². The molecule has 0 aliphatic carbocycles. The van der Waals surface area contributed by atoms with Crippen molar-refractivity contribution in [3.8, 4) is 5.75 Å². The molecular formula is C16H23N3O5. The van der Waals surface area contributed by atoms with Gasteiger partial charge < -0.3 is 15.2 Å². The van der Waals surface area contributed by atoms with Crippen molar-refractivity contribution in [2.24, 2.45) is 5.92 Å². The number of urea groups is 1. The molecule has 24 heavy (non-hydrogen) atoms. The van der Waals surface area contributed by atoms with Gasteiger partial charge in [-0.05, 0) is 30.2 Å². The number of aliphatic carboxylic acids is 1. The van der Waals surface area contributed by atoms with E-state index in [9.17, 15) is 14.4 Å². The number of ether oxygens (including phenoxy) is 1. The van der Waals surface area contributed by atoms with Crippen LogP contribution in [0.2, 0.25) is 0 Å². The molecule has 0 aliphatic heterocycles.